The van der Waals surface area contributed by atoms with E-state index in [2.05, 4.69) is 21.7 Å². The minimum absolute atomic E-state index is 0.0963. The second kappa shape index (κ2) is 8.20. The van der Waals surface area contributed by atoms with Gasteiger partial charge in [0.15, 0.2) is 0 Å². The van der Waals surface area contributed by atoms with Gasteiger partial charge in [0.1, 0.15) is 0 Å². The molecular weight excluding hydrogens is 363 g/mol. The van der Waals surface area contributed by atoms with E-state index in [0.29, 0.717) is 0 Å². The van der Waals surface area contributed by atoms with E-state index in [9.17, 15) is 18.0 Å². The van der Waals surface area contributed by atoms with Crippen molar-refractivity contribution in [1.82, 2.24) is 9.80 Å². The lowest BCUT2D eigenvalue weighted by molar-refractivity contribution is -0.137. The molecule has 4 nitrogen and oxygen atoms in total. The number of nitrogens with zero attached hydrogens (tertiary/aromatic N) is 2. The molecule has 1 saturated heterocycles. The quantitative estimate of drug-likeness (QED) is 0.858. The number of rotatable bonds is 5. The van der Waals surface area contributed by atoms with Crippen LogP contribution in [0.5, 0.6) is 0 Å². The first-order valence-corrected chi connectivity index (χ1v) is 9.23. The molecule has 1 aromatic heterocycles. The summed E-state index contributed by atoms with van der Waals surface area (Å²) in [6, 6.07) is 9.17. The van der Waals surface area contributed by atoms with Crippen molar-refractivity contribution in [1.29, 1.82) is 0 Å². The lowest BCUT2D eigenvalue weighted by atomic mass is 10.1. The first kappa shape index (κ1) is 18.9. The van der Waals surface area contributed by atoms with Crippen LogP contribution in [0.2, 0.25) is 0 Å². The average molecular weight is 383 g/mol. The van der Waals surface area contributed by atoms with Crippen LogP contribution in [0.1, 0.15) is 10.4 Å². The zero-order valence-electron chi connectivity index (χ0n) is 14.1. The van der Waals surface area contributed by atoms with Crippen LogP contribution in [0.3, 0.4) is 0 Å². The van der Waals surface area contributed by atoms with Gasteiger partial charge in [0, 0.05) is 37.6 Å². The van der Waals surface area contributed by atoms with Gasteiger partial charge >= 0.3 is 6.18 Å². The Morgan fingerprint density at radius 3 is 2.38 bits per heavy atom. The molecule has 1 aliphatic heterocycles. The van der Waals surface area contributed by atoms with Gasteiger partial charge in [-0.3, -0.25) is 14.6 Å². The van der Waals surface area contributed by atoms with Crippen LogP contribution in [-0.4, -0.2) is 48.4 Å². The first-order chi connectivity index (χ1) is 12.4. The van der Waals surface area contributed by atoms with E-state index >= 15 is 0 Å². The molecule has 1 aliphatic rings. The molecule has 1 amide bonds. The van der Waals surface area contributed by atoms with E-state index in [4.69, 9.17) is 0 Å². The second-order valence-electron chi connectivity index (χ2n) is 6.22. The van der Waals surface area contributed by atoms with Crippen molar-refractivity contribution in [3.05, 3.63) is 52.2 Å². The third-order valence-electron chi connectivity index (χ3n) is 4.30. The summed E-state index contributed by atoms with van der Waals surface area (Å²) in [6.07, 6.45) is -4.49. The number of carbonyl (C=O) groups excluding carboxylic acids is 1. The van der Waals surface area contributed by atoms with Gasteiger partial charge in [-0.25, -0.2) is 0 Å². The van der Waals surface area contributed by atoms with Crippen molar-refractivity contribution < 1.29 is 18.0 Å². The van der Waals surface area contributed by atoms with E-state index in [0.717, 1.165) is 38.8 Å². The molecule has 0 aliphatic carbocycles. The van der Waals surface area contributed by atoms with Gasteiger partial charge in [-0.15, -0.1) is 11.3 Å². The number of hydrogen-bond donors (Lipinski definition) is 1. The zero-order valence-corrected chi connectivity index (χ0v) is 14.9. The summed E-state index contributed by atoms with van der Waals surface area (Å²) >= 11 is 1.72. The molecule has 2 aromatic rings. The Balaban J connectivity index is 1.49. The fraction of sp³-hybridized carbons (Fsp3) is 0.389. The van der Waals surface area contributed by atoms with E-state index in [1.165, 1.54) is 23.1 Å². The van der Waals surface area contributed by atoms with Gasteiger partial charge in [0.05, 0.1) is 17.8 Å². The van der Waals surface area contributed by atoms with Crippen LogP contribution in [-0.2, 0) is 17.5 Å². The van der Waals surface area contributed by atoms with Crippen LogP contribution >= 0.6 is 11.3 Å². The Morgan fingerprint density at radius 2 is 1.73 bits per heavy atom. The summed E-state index contributed by atoms with van der Waals surface area (Å²) in [5.41, 5.74) is -1.02. The maximum atomic E-state index is 13.0. The second-order valence-corrected chi connectivity index (χ2v) is 7.26. The fourth-order valence-electron chi connectivity index (χ4n) is 2.96. The molecule has 1 fully saturated rings. The molecule has 0 unspecified atom stereocenters. The fourth-order valence-corrected chi connectivity index (χ4v) is 3.71. The molecule has 1 N–H and O–H groups in total. The Morgan fingerprint density at radius 1 is 1.04 bits per heavy atom. The highest BCUT2D eigenvalue weighted by atomic mass is 32.1. The lowest BCUT2D eigenvalue weighted by Crippen LogP contribution is -2.48. The zero-order chi connectivity index (χ0) is 18.6. The van der Waals surface area contributed by atoms with Crippen LogP contribution in [0, 0.1) is 0 Å². The first-order valence-electron chi connectivity index (χ1n) is 8.35. The predicted octanol–water partition coefficient (Wildman–Crippen LogP) is 3.52. The van der Waals surface area contributed by atoms with Crippen molar-refractivity contribution in [2.24, 2.45) is 0 Å². The number of piperazine rings is 1. The molecule has 140 valence electrons. The molecule has 1 aromatic carbocycles. The largest absolute Gasteiger partial charge is 0.418 e. The molecule has 0 saturated carbocycles. The van der Waals surface area contributed by atoms with Crippen molar-refractivity contribution >= 4 is 22.9 Å². The van der Waals surface area contributed by atoms with Gasteiger partial charge < -0.3 is 5.32 Å². The highest BCUT2D eigenvalue weighted by Crippen LogP contribution is 2.34. The summed E-state index contributed by atoms with van der Waals surface area (Å²) in [4.78, 5) is 17.8. The smallest absolute Gasteiger partial charge is 0.324 e. The molecule has 8 heteroatoms. The summed E-state index contributed by atoms with van der Waals surface area (Å²) in [5.74, 6) is -0.423. The van der Waals surface area contributed by atoms with Crippen molar-refractivity contribution in [2.45, 2.75) is 12.7 Å². The number of hydrogen-bond acceptors (Lipinski definition) is 4. The summed E-state index contributed by atoms with van der Waals surface area (Å²) in [6.45, 7) is 4.11. The van der Waals surface area contributed by atoms with Crippen molar-refractivity contribution in [2.75, 3.05) is 38.0 Å². The van der Waals surface area contributed by atoms with Crippen LogP contribution in [0.4, 0.5) is 18.9 Å². The predicted molar refractivity (Wildman–Crippen MR) is 96.1 cm³/mol. The van der Waals surface area contributed by atoms with Crippen LogP contribution in [0.25, 0.3) is 0 Å². The minimum Gasteiger partial charge on any atom is -0.324 e. The molecule has 3 rings (SSSR count). The molecule has 0 atom stereocenters. The number of para-hydroxylation sites is 1. The van der Waals surface area contributed by atoms with Crippen molar-refractivity contribution in [3.8, 4) is 0 Å². The Bertz CT molecular complexity index is 726. The Hall–Kier alpha value is -1.90. The average Bonchev–Trinajstić information content (AvgIpc) is 3.09. The summed E-state index contributed by atoms with van der Waals surface area (Å²) < 4.78 is 39.0. The van der Waals surface area contributed by atoms with Gasteiger partial charge in [0.2, 0.25) is 5.91 Å². The Labute approximate surface area is 154 Å². The van der Waals surface area contributed by atoms with E-state index < -0.39 is 17.6 Å². The van der Waals surface area contributed by atoms with Crippen LogP contribution < -0.4 is 5.32 Å². The standard InChI is InChI=1S/C18H20F3N3OS/c19-18(20,21)15-5-1-2-6-16(15)22-17(25)13-24-9-7-23(8-10-24)12-14-4-3-11-26-14/h1-6,11H,7-10,12-13H2,(H,22,25). The van der Waals surface area contributed by atoms with E-state index in [1.54, 1.807) is 11.3 Å². The SMILES string of the molecule is O=C(CN1CCN(Cc2cccs2)CC1)Nc1ccccc1C(F)(F)F. The number of alkyl halides is 3. The number of thiophene rings is 1. The van der Waals surface area contributed by atoms with Gasteiger partial charge in [-0.1, -0.05) is 18.2 Å². The normalized spacial score (nSPS) is 16.6. The van der Waals surface area contributed by atoms with E-state index in [1.807, 2.05) is 11.0 Å². The number of anilines is 1. The van der Waals surface area contributed by atoms with Crippen molar-refractivity contribution in [3.63, 3.8) is 0 Å². The minimum atomic E-state index is -4.49. The number of benzene rings is 1. The summed E-state index contributed by atoms with van der Waals surface area (Å²) in [7, 11) is 0. The maximum absolute atomic E-state index is 13.0. The molecule has 0 radical (unpaired) electrons. The Kier molecular flexibility index (Phi) is 5.95. The van der Waals surface area contributed by atoms with Gasteiger partial charge in [-0.05, 0) is 23.6 Å². The van der Waals surface area contributed by atoms with Gasteiger partial charge in [0.25, 0.3) is 0 Å². The number of carbonyl (C=O) groups is 1. The highest BCUT2D eigenvalue weighted by molar-refractivity contribution is 7.09. The molecule has 0 bridgehead atoms. The third-order valence-corrected chi connectivity index (χ3v) is 5.16. The summed E-state index contributed by atoms with van der Waals surface area (Å²) in [5, 5.41) is 4.45. The van der Waals surface area contributed by atoms with Crippen LogP contribution in [0.15, 0.2) is 41.8 Å². The van der Waals surface area contributed by atoms with Gasteiger partial charge in [-0.2, -0.15) is 13.2 Å². The number of amides is 1. The third kappa shape index (κ3) is 5.06. The highest BCUT2D eigenvalue weighted by Gasteiger charge is 2.33. The number of halogens is 3. The molecule has 2 heterocycles. The number of nitrogens with one attached hydrogen (secondary N) is 1. The maximum Gasteiger partial charge on any atom is 0.418 e. The topological polar surface area (TPSA) is 35.6 Å². The monoisotopic (exact) mass is 383 g/mol. The molecule has 26 heavy (non-hydrogen) atoms. The lowest BCUT2D eigenvalue weighted by Gasteiger charge is -2.34. The molecular formula is C18H20F3N3OS. The molecule has 0 spiro atoms. The van der Waals surface area contributed by atoms with E-state index in [-0.39, 0.29) is 12.2 Å².